The fraction of sp³-hybridized carbons (Fsp3) is 0.531. The molecule has 8 nitrogen and oxygen atoms in total. The Bertz CT molecular complexity index is 1060. The number of alkyl carbamates (subject to hydrolysis) is 1. The van der Waals surface area contributed by atoms with Crippen molar-refractivity contribution < 1.29 is 24.2 Å². The Balaban J connectivity index is 2.43. The van der Waals surface area contributed by atoms with Gasteiger partial charge in [0.15, 0.2) is 0 Å². The number of carbonyl (C=O) groups excluding carboxylic acids is 3. The van der Waals surface area contributed by atoms with Gasteiger partial charge in [-0.3, -0.25) is 9.59 Å². The van der Waals surface area contributed by atoms with Crippen molar-refractivity contribution in [3.8, 4) is 5.75 Å². The topological polar surface area (TPSA) is 108 Å². The maximum Gasteiger partial charge on any atom is 0.408 e. The van der Waals surface area contributed by atoms with Gasteiger partial charge in [0.05, 0.1) is 0 Å². The summed E-state index contributed by atoms with van der Waals surface area (Å²) >= 11 is 0. The van der Waals surface area contributed by atoms with Crippen LogP contribution in [0.4, 0.5) is 4.79 Å². The number of hydrogen-bond donors (Lipinski definition) is 3. The van der Waals surface area contributed by atoms with E-state index in [2.05, 4.69) is 17.6 Å². The Labute approximate surface area is 239 Å². The van der Waals surface area contributed by atoms with Crippen LogP contribution in [0, 0.1) is 5.92 Å². The van der Waals surface area contributed by atoms with Crippen LogP contribution < -0.4 is 10.6 Å². The van der Waals surface area contributed by atoms with E-state index in [1.165, 1.54) is 12.1 Å². The molecule has 0 aliphatic carbocycles. The van der Waals surface area contributed by atoms with Gasteiger partial charge in [0.2, 0.25) is 11.8 Å². The van der Waals surface area contributed by atoms with Crippen LogP contribution in [0.1, 0.15) is 90.8 Å². The van der Waals surface area contributed by atoms with Gasteiger partial charge in [-0.2, -0.15) is 0 Å². The second-order valence-corrected chi connectivity index (χ2v) is 11.5. The number of unbranched alkanes of at least 4 members (excludes halogenated alkanes) is 4. The maximum absolute atomic E-state index is 14.2. The van der Waals surface area contributed by atoms with E-state index in [0.717, 1.165) is 31.2 Å². The van der Waals surface area contributed by atoms with Gasteiger partial charge in [0, 0.05) is 13.1 Å². The SMILES string of the molecule is CCCCCCCN(C(=O)C(NC(=O)OC(C)(C)C)C(C)C)C(C(=O)NCc1ccccc1)c1ccc(O)cc1. The van der Waals surface area contributed by atoms with Crippen molar-refractivity contribution in [2.45, 2.75) is 97.9 Å². The standard InChI is InChI=1S/C32H47N3O5/c1-7-8-9-10-14-21-35(30(38)27(23(2)3)34-31(39)40-32(4,5)6)28(25-17-19-26(36)20-18-25)29(37)33-22-24-15-12-11-13-16-24/h11-13,15-20,23,27-28,36H,7-10,14,21-22H2,1-6H3,(H,33,37)(H,34,39). The number of carbonyl (C=O) groups is 3. The molecule has 0 fully saturated rings. The molecule has 3 N–H and O–H groups in total. The lowest BCUT2D eigenvalue weighted by atomic mass is 9.98. The molecule has 0 saturated carbocycles. The van der Waals surface area contributed by atoms with Crippen molar-refractivity contribution in [2.75, 3.05) is 6.54 Å². The summed E-state index contributed by atoms with van der Waals surface area (Å²) in [6.07, 6.45) is 4.17. The van der Waals surface area contributed by atoms with E-state index in [1.54, 1.807) is 37.8 Å². The molecule has 0 spiro atoms. The molecule has 0 radical (unpaired) electrons. The predicted molar refractivity (Wildman–Crippen MR) is 158 cm³/mol. The number of nitrogens with one attached hydrogen (secondary N) is 2. The van der Waals surface area contributed by atoms with E-state index in [1.807, 2.05) is 44.2 Å². The largest absolute Gasteiger partial charge is 0.508 e. The number of amides is 3. The Kier molecular flexibility index (Phi) is 13.0. The fourth-order valence-corrected chi connectivity index (χ4v) is 4.39. The minimum absolute atomic E-state index is 0.0660. The third-order valence-electron chi connectivity index (χ3n) is 6.47. The lowest BCUT2D eigenvalue weighted by Crippen LogP contribution is -2.55. The third kappa shape index (κ3) is 10.9. The first-order chi connectivity index (χ1) is 18.9. The zero-order valence-corrected chi connectivity index (χ0v) is 24.9. The second kappa shape index (κ2) is 15.9. The second-order valence-electron chi connectivity index (χ2n) is 11.5. The van der Waals surface area contributed by atoms with Crippen LogP contribution in [0.25, 0.3) is 0 Å². The Morgan fingerprint density at radius 3 is 2.12 bits per heavy atom. The van der Waals surface area contributed by atoms with Crippen molar-refractivity contribution in [3.05, 3.63) is 65.7 Å². The van der Waals surface area contributed by atoms with Crippen molar-refractivity contribution in [2.24, 2.45) is 5.92 Å². The summed E-state index contributed by atoms with van der Waals surface area (Å²) in [6, 6.07) is 14.0. The van der Waals surface area contributed by atoms with Crippen molar-refractivity contribution in [3.63, 3.8) is 0 Å². The number of aromatic hydroxyl groups is 1. The van der Waals surface area contributed by atoms with Crippen LogP contribution in [0.5, 0.6) is 5.75 Å². The average molecular weight is 554 g/mol. The summed E-state index contributed by atoms with van der Waals surface area (Å²) in [7, 11) is 0. The normalized spacial score (nSPS) is 12.9. The molecule has 3 amide bonds. The highest BCUT2D eigenvalue weighted by molar-refractivity contribution is 5.92. The number of nitrogens with zero attached hydrogens (tertiary/aromatic N) is 1. The highest BCUT2D eigenvalue weighted by atomic mass is 16.6. The van der Waals surface area contributed by atoms with Gasteiger partial charge in [-0.05, 0) is 56.4 Å². The van der Waals surface area contributed by atoms with Crippen molar-refractivity contribution in [1.29, 1.82) is 0 Å². The Hall–Kier alpha value is -3.55. The van der Waals surface area contributed by atoms with Crippen molar-refractivity contribution >= 4 is 17.9 Å². The first-order valence-corrected chi connectivity index (χ1v) is 14.3. The summed E-state index contributed by atoms with van der Waals surface area (Å²) < 4.78 is 5.44. The minimum atomic E-state index is -0.954. The number of hydrogen-bond acceptors (Lipinski definition) is 5. The molecule has 2 rings (SSSR count). The van der Waals surface area contributed by atoms with Crippen molar-refractivity contribution in [1.82, 2.24) is 15.5 Å². The highest BCUT2D eigenvalue weighted by Gasteiger charge is 2.37. The van der Waals surface area contributed by atoms with Gasteiger partial charge >= 0.3 is 6.09 Å². The van der Waals surface area contributed by atoms with E-state index < -0.39 is 23.8 Å². The van der Waals surface area contributed by atoms with Gasteiger partial charge in [-0.15, -0.1) is 0 Å². The smallest absolute Gasteiger partial charge is 0.408 e. The molecule has 8 heteroatoms. The van der Waals surface area contributed by atoms with E-state index >= 15 is 0 Å². The molecular formula is C32H47N3O5. The molecule has 2 atom stereocenters. The zero-order valence-electron chi connectivity index (χ0n) is 24.9. The molecule has 0 aliphatic rings. The molecule has 40 heavy (non-hydrogen) atoms. The Morgan fingerprint density at radius 1 is 0.925 bits per heavy atom. The van der Waals surface area contributed by atoms with Gasteiger partial charge in [-0.1, -0.05) is 88.9 Å². The average Bonchev–Trinajstić information content (AvgIpc) is 2.89. The summed E-state index contributed by atoms with van der Waals surface area (Å²) in [5, 5.41) is 15.7. The molecule has 2 unspecified atom stereocenters. The third-order valence-corrected chi connectivity index (χ3v) is 6.47. The minimum Gasteiger partial charge on any atom is -0.508 e. The Morgan fingerprint density at radius 2 is 1.55 bits per heavy atom. The first-order valence-electron chi connectivity index (χ1n) is 14.3. The quantitative estimate of drug-likeness (QED) is 0.245. The van der Waals surface area contributed by atoms with Gasteiger partial charge in [0.1, 0.15) is 23.4 Å². The van der Waals surface area contributed by atoms with Gasteiger partial charge in [0.25, 0.3) is 0 Å². The molecular weight excluding hydrogens is 506 g/mol. The van der Waals surface area contributed by atoms with Crippen LogP contribution in [0.2, 0.25) is 0 Å². The molecule has 220 valence electrons. The monoisotopic (exact) mass is 553 g/mol. The van der Waals surface area contributed by atoms with E-state index in [4.69, 9.17) is 4.74 Å². The first kappa shape index (κ1) is 32.7. The zero-order chi connectivity index (χ0) is 29.7. The maximum atomic E-state index is 14.2. The van der Waals surface area contributed by atoms with E-state index in [0.29, 0.717) is 25.1 Å². The molecule has 0 saturated heterocycles. The summed E-state index contributed by atoms with van der Waals surface area (Å²) in [5.74, 6) is -0.882. The van der Waals surface area contributed by atoms with Crippen LogP contribution in [-0.2, 0) is 20.9 Å². The van der Waals surface area contributed by atoms with E-state index in [9.17, 15) is 19.5 Å². The van der Waals surface area contributed by atoms with Gasteiger partial charge < -0.3 is 25.4 Å². The number of phenols is 1. The van der Waals surface area contributed by atoms with Crippen LogP contribution in [-0.4, -0.2) is 46.1 Å². The fourth-order valence-electron chi connectivity index (χ4n) is 4.39. The number of ether oxygens (including phenoxy) is 1. The summed E-state index contributed by atoms with van der Waals surface area (Å²) in [5.41, 5.74) is 0.786. The summed E-state index contributed by atoms with van der Waals surface area (Å²) in [4.78, 5) is 42.3. The lowest BCUT2D eigenvalue weighted by molar-refractivity contribution is -0.143. The molecule has 0 bridgehead atoms. The molecule has 2 aromatic carbocycles. The van der Waals surface area contributed by atoms with Crippen LogP contribution in [0.3, 0.4) is 0 Å². The molecule has 2 aromatic rings. The lowest BCUT2D eigenvalue weighted by Gasteiger charge is -2.35. The number of benzene rings is 2. The molecule has 0 aliphatic heterocycles. The van der Waals surface area contributed by atoms with Crippen LogP contribution >= 0.6 is 0 Å². The molecule has 0 aromatic heterocycles. The number of phenolic OH excluding ortho intramolecular Hbond substituents is 1. The number of rotatable bonds is 14. The molecule has 0 heterocycles. The van der Waals surface area contributed by atoms with Gasteiger partial charge in [-0.25, -0.2) is 4.79 Å². The summed E-state index contributed by atoms with van der Waals surface area (Å²) in [6.45, 7) is 11.8. The van der Waals surface area contributed by atoms with E-state index in [-0.39, 0.29) is 23.5 Å². The van der Waals surface area contributed by atoms with Crippen LogP contribution in [0.15, 0.2) is 54.6 Å². The highest BCUT2D eigenvalue weighted by Crippen LogP contribution is 2.26. The predicted octanol–water partition coefficient (Wildman–Crippen LogP) is 6.10.